The molecule has 0 aromatic carbocycles. The van der Waals surface area contributed by atoms with Crippen LogP contribution < -0.4 is 0 Å². The van der Waals surface area contributed by atoms with Gasteiger partial charge in [0, 0.05) is 6.54 Å². The second-order valence-electron chi connectivity index (χ2n) is 5.23. The molecule has 0 heterocycles. The number of hydrogen-bond donors (Lipinski definition) is 0. The lowest BCUT2D eigenvalue weighted by atomic mass is 10.1. The second kappa shape index (κ2) is 11.4. The smallest absolute Gasteiger partial charge is 0.000692 e. The maximum atomic E-state index is 2.69. The first-order chi connectivity index (χ1) is 7.74. The summed E-state index contributed by atoms with van der Waals surface area (Å²) in [6.45, 7) is 13.2. The highest BCUT2D eigenvalue weighted by Gasteiger charge is 2.08. The summed E-state index contributed by atoms with van der Waals surface area (Å²) in [5.74, 6) is 0.864. The molecule has 0 aliphatic rings. The van der Waals surface area contributed by atoms with E-state index in [1.54, 1.807) is 0 Å². The highest BCUT2D eigenvalue weighted by molar-refractivity contribution is 4.62. The van der Waals surface area contributed by atoms with E-state index in [0.717, 1.165) is 5.92 Å². The minimum Gasteiger partial charge on any atom is -0.303 e. The zero-order valence-electron chi connectivity index (χ0n) is 12.1. The molecule has 0 bridgehead atoms. The van der Waals surface area contributed by atoms with Crippen LogP contribution >= 0.6 is 0 Å². The van der Waals surface area contributed by atoms with Crippen molar-refractivity contribution in [3.8, 4) is 0 Å². The van der Waals surface area contributed by atoms with Gasteiger partial charge >= 0.3 is 0 Å². The van der Waals surface area contributed by atoms with E-state index >= 15 is 0 Å². The summed E-state index contributed by atoms with van der Waals surface area (Å²) >= 11 is 0. The molecular formula is C15H33N. The van der Waals surface area contributed by atoms with Gasteiger partial charge in [0.1, 0.15) is 0 Å². The Bertz CT molecular complexity index is 123. The van der Waals surface area contributed by atoms with Crippen LogP contribution in [0.1, 0.15) is 72.6 Å². The van der Waals surface area contributed by atoms with Crippen LogP contribution in [0.3, 0.4) is 0 Å². The predicted molar refractivity (Wildman–Crippen MR) is 74.9 cm³/mol. The van der Waals surface area contributed by atoms with E-state index in [0.29, 0.717) is 0 Å². The molecule has 16 heavy (non-hydrogen) atoms. The summed E-state index contributed by atoms with van der Waals surface area (Å²) in [6.07, 6.45) is 9.56. The van der Waals surface area contributed by atoms with Crippen LogP contribution in [-0.2, 0) is 0 Å². The Kier molecular flexibility index (Phi) is 11.4. The lowest BCUT2D eigenvalue weighted by Crippen LogP contribution is -2.30. The van der Waals surface area contributed by atoms with Gasteiger partial charge in [0.15, 0.2) is 0 Å². The summed E-state index contributed by atoms with van der Waals surface area (Å²) in [4.78, 5) is 2.69. The van der Waals surface area contributed by atoms with Gasteiger partial charge in [-0.05, 0) is 31.8 Å². The first-order valence-electron chi connectivity index (χ1n) is 7.46. The standard InChI is InChI=1S/C15H33N/c1-5-8-10-12-16(13-11-9-6-2)14-15(4)7-3/h15H,5-14H2,1-4H3. The molecule has 0 aromatic heterocycles. The van der Waals surface area contributed by atoms with Gasteiger partial charge in [0.05, 0.1) is 0 Å². The molecule has 1 unspecified atom stereocenters. The van der Waals surface area contributed by atoms with Gasteiger partial charge in [-0.3, -0.25) is 0 Å². The van der Waals surface area contributed by atoms with Crippen molar-refractivity contribution >= 4 is 0 Å². The Labute approximate surface area is 104 Å². The Morgan fingerprint density at radius 1 is 0.812 bits per heavy atom. The van der Waals surface area contributed by atoms with E-state index in [-0.39, 0.29) is 0 Å². The Hall–Kier alpha value is -0.0400. The minimum absolute atomic E-state index is 0.864. The lowest BCUT2D eigenvalue weighted by Gasteiger charge is -2.25. The normalized spacial score (nSPS) is 13.3. The van der Waals surface area contributed by atoms with Gasteiger partial charge < -0.3 is 4.90 Å². The molecule has 0 fully saturated rings. The lowest BCUT2D eigenvalue weighted by molar-refractivity contribution is 0.226. The van der Waals surface area contributed by atoms with Crippen molar-refractivity contribution in [3.05, 3.63) is 0 Å². The minimum atomic E-state index is 0.864. The highest BCUT2D eigenvalue weighted by Crippen LogP contribution is 2.08. The van der Waals surface area contributed by atoms with Crippen molar-refractivity contribution in [1.82, 2.24) is 4.90 Å². The molecule has 98 valence electrons. The molecule has 0 aliphatic heterocycles. The third kappa shape index (κ3) is 9.21. The molecule has 0 rings (SSSR count). The van der Waals surface area contributed by atoms with E-state index in [1.807, 2.05) is 0 Å². The fourth-order valence-electron chi connectivity index (χ4n) is 2.04. The third-order valence-electron chi connectivity index (χ3n) is 3.42. The average Bonchev–Trinajstić information content (AvgIpc) is 2.29. The predicted octanol–water partition coefficient (Wildman–Crippen LogP) is 4.71. The SMILES string of the molecule is CCCCCN(CCCCC)CC(C)CC. The number of nitrogens with zero attached hydrogens (tertiary/aromatic N) is 1. The Morgan fingerprint density at radius 3 is 1.69 bits per heavy atom. The van der Waals surface area contributed by atoms with Crippen LogP contribution in [0, 0.1) is 5.92 Å². The number of unbranched alkanes of at least 4 members (excludes halogenated alkanes) is 4. The van der Waals surface area contributed by atoms with Crippen LogP contribution in [0.25, 0.3) is 0 Å². The zero-order chi connectivity index (χ0) is 12.2. The third-order valence-corrected chi connectivity index (χ3v) is 3.42. The highest BCUT2D eigenvalue weighted by atomic mass is 15.1. The summed E-state index contributed by atoms with van der Waals surface area (Å²) < 4.78 is 0. The van der Waals surface area contributed by atoms with E-state index < -0.39 is 0 Å². The fourth-order valence-corrected chi connectivity index (χ4v) is 2.04. The fraction of sp³-hybridized carbons (Fsp3) is 1.00. The van der Waals surface area contributed by atoms with E-state index in [4.69, 9.17) is 0 Å². The molecule has 0 N–H and O–H groups in total. The molecule has 0 aromatic rings. The maximum absolute atomic E-state index is 2.69. The molecule has 0 saturated heterocycles. The van der Waals surface area contributed by atoms with Gasteiger partial charge in [-0.2, -0.15) is 0 Å². The van der Waals surface area contributed by atoms with Crippen LogP contribution in [0.2, 0.25) is 0 Å². The van der Waals surface area contributed by atoms with Crippen molar-refractivity contribution in [2.45, 2.75) is 72.6 Å². The van der Waals surface area contributed by atoms with Crippen molar-refractivity contribution in [2.75, 3.05) is 19.6 Å². The maximum Gasteiger partial charge on any atom is 0.000692 e. The first kappa shape index (κ1) is 16.0. The molecule has 0 saturated carbocycles. The van der Waals surface area contributed by atoms with E-state index in [9.17, 15) is 0 Å². The second-order valence-corrected chi connectivity index (χ2v) is 5.23. The molecule has 0 amide bonds. The van der Waals surface area contributed by atoms with Crippen molar-refractivity contribution in [2.24, 2.45) is 5.92 Å². The van der Waals surface area contributed by atoms with E-state index in [2.05, 4.69) is 32.6 Å². The number of rotatable bonds is 11. The molecule has 0 aliphatic carbocycles. The number of hydrogen-bond acceptors (Lipinski definition) is 1. The van der Waals surface area contributed by atoms with Crippen molar-refractivity contribution in [3.63, 3.8) is 0 Å². The largest absolute Gasteiger partial charge is 0.303 e. The van der Waals surface area contributed by atoms with Gasteiger partial charge in [-0.1, -0.05) is 59.8 Å². The van der Waals surface area contributed by atoms with Crippen LogP contribution in [0.4, 0.5) is 0 Å². The van der Waals surface area contributed by atoms with Crippen LogP contribution in [0.15, 0.2) is 0 Å². The summed E-state index contributed by atoms with van der Waals surface area (Å²) in [7, 11) is 0. The Balaban J connectivity index is 3.75. The average molecular weight is 227 g/mol. The quantitative estimate of drug-likeness (QED) is 0.462. The first-order valence-corrected chi connectivity index (χ1v) is 7.46. The molecular weight excluding hydrogens is 194 g/mol. The van der Waals surface area contributed by atoms with Crippen LogP contribution in [-0.4, -0.2) is 24.5 Å². The van der Waals surface area contributed by atoms with Crippen molar-refractivity contribution < 1.29 is 0 Å². The van der Waals surface area contributed by atoms with Gasteiger partial charge in [-0.25, -0.2) is 0 Å². The van der Waals surface area contributed by atoms with E-state index in [1.165, 1.54) is 64.6 Å². The zero-order valence-corrected chi connectivity index (χ0v) is 12.1. The molecule has 1 heteroatoms. The monoisotopic (exact) mass is 227 g/mol. The Morgan fingerprint density at radius 2 is 1.31 bits per heavy atom. The summed E-state index contributed by atoms with van der Waals surface area (Å²) in [5.41, 5.74) is 0. The molecule has 1 nitrogen and oxygen atoms in total. The summed E-state index contributed by atoms with van der Waals surface area (Å²) in [6, 6.07) is 0. The molecule has 0 spiro atoms. The molecule has 1 atom stereocenters. The van der Waals surface area contributed by atoms with Gasteiger partial charge in [0.2, 0.25) is 0 Å². The van der Waals surface area contributed by atoms with Crippen molar-refractivity contribution in [1.29, 1.82) is 0 Å². The van der Waals surface area contributed by atoms with Gasteiger partial charge in [0.25, 0.3) is 0 Å². The van der Waals surface area contributed by atoms with Gasteiger partial charge in [-0.15, -0.1) is 0 Å². The van der Waals surface area contributed by atoms with Crippen LogP contribution in [0.5, 0.6) is 0 Å². The summed E-state index contributed by atoms with van der Waals surface area (Å²) in [5, 5.41) is 0. The topological polar surface area (TPSA) is 3.24 Å². The molecule has 0 radical (unpaired) electrons.